The number of esters is 1. The van der Waals surface area contributed by atoms with Crippen LogP contribution in [0.25, 0.3) is 6.08 Å². The molecule has 0 bridgehead atoms. The zero-order valence-corrected chi connectivity index (χ0v) is 18.8. The first kappa shape index (κ1) is 24.2. The molecule has 31 heavy (non-hydrogen) atoms. The monoisotopic (exact) mass is 440 g/mol. The summed E-state index contributed by atoms with van der Waals surface area (Å²) in [6, 6.07) is 10.3. The lowest BCUT2D eigenvalue weighted by molar-refractivity contribution is -0.117. The van der Waals surface area contributed by atoms with Gasteiger partial charge in [-0.15, -0.1) is 11.3 Å². The fourth-order valence-electron chi connectivity index (χ4n) is 2.92. The van der Waals surface area contributed by atoms with Crippen LogP contribution in [0.2, 0.25) is 0 Å². The summed E-state index contributed by atoms with van der Waals surface area (Å²) in [4.78, 5) is 25.0. The van der Waals surface area contributed by atoms with E-state index in [-0.39, 0.29) is 11.3 Å². The Morgan fingerprint density at radius 2 is 1.90 bits per heavy atom. The number of carbonyl (C=O) groups excluding carboxylic acids is 2. The zero-order chi connectivity index (χ0) is 22.5. The van der Waals surface area contributed by atoms with E-state index in [9.17, 15) is 14.9 Å². The highest BCUT2D eigenvalue weighted by Crippen LogP contribution is 2.30. The normalized spacial score (nSPS) is 10.9. The third-order valence-corrected chi connectivity index (χ3v) is 5.45. The second kappa shape index (κ2) is 13.2. The van der Waals surface area contributed by atoms with Gasteiger partial charge >= 0.3 is 5.97 Å². The fourth-order valence-corrected chi connectivity index (χ4v) is 3.52. The summed E-state index contributed by atoms with van der Waals surface area (Å²) in [5.74, 6) is -0.265. The molecule has 0 aliphatic heterocycles. The summed E-state index contributed by atoms with van der Waals surface area (Å²) < 4.78 is 10.7. The van der Waals surface area contributed by atoms with E-state index in [1.807, 2.05) is 6.07 Å². The first-order valence-corrected chi connectivity index (χ1v) is 11.3. The van der Waals surface area contributed by atoms with Crippen LogP contribution in [0.5, 0.6) is 11.5 Å². The van der Waals surface area contributed by atoms with Crippen molar-refractivity contribution in [3.8, 4) is 17.6 Å². The highest BCUT2D eigenvalue weighted by molar-refractivity contribution is 7.12. The van der Waals surface area contributed by atoms with Crippen LogP contribution in [-0.2, 0) is 4.79 Å². The first-order chi connectivity index (χ1) is 15.1. The molecule has 0 aliphatic rings. The largest absolute Gasteiger partial charge is 0.493 e. The van der Waals surface area contributed by atoms with Crippen LogP contribution < -0.4 is 14.8 Å². The van der Waals surface area contributed by atoms with Gasteiger partial charge in [0.2, 0.25) is 0 Å². The number of benzene rings is 1. The Bertz CT molecular complexity index is 930. The van der Waals surface area contributed by atoms with E-state index in [4.69, 9.17) is 9.47 Å². The van der Waals surface area contributed by atoms with Crippen LogP contribution in [-0.4, -0.2) is 25.5 Å². The van der Waals surface area contributed by atoms with Crippen molar-refractivity contribution in [1.29, 1.82) is 5.26 Å². The molecule has 0 atom stereocenters. The lowest BCUT2D eigenvalue weighted by Crippen LogP contribution is -2.25. The third kappa shape index (κ3) is 7.91. The van der Waals surface area contributed by atoms with Gasteiger partial charge in [0.15, 0.2) is 11.5 Å². The van der Waals surface area contributed by atoms with Crippen LogP contribution in [0.15, 0.2) is 41.3 Å². The molecule has 7 heteroatoms. The summed E-state index contributed by atoms with van der Waals surface area (Å²) in [5.41, 5.74) is 0.607. The average Bonchev–Trinajstić information content (AvgIpc) is 3.32. The molecule has 2 aromatic rings. The molecule has 0 radical (unpaired) electrons. The van der Waals surface area contributed by atoms with Crippen molar-refractivity contribution in [3.05, 3.63) is 51.7 Å². The van der Waals surface area contributed by atoms with Crippen molar-refractivity contribution < 1.29 is 19.1 Å². The Hall–Kier alpha value is -3.11. The van der Waals surface area contributed by atoms with E-state index in [0.29, 0.717) is 22.7 Å². The van der Waals surface area contributed by atoms with Crippen LogP contribution in [0.3, 0.4) is 0 Å². The van der Waals surface area contributed by atoms with Gasteiger partial charge in [0.1, 0.15) is 16.5 Å². The second-order valence-corrected chi connectivity index (χ2v) is 7.92. The number of methoxy groups -OCH3 is 1. The van der Waals surface area contributed by atoms with E-state index in [1.165, 1.54) is 43.8 Å². The third-order valence-electron chi connectivity index (χ3n) is 4.60. The molecule has 6 nitrogen and oxygen atoms in total. The highest BCUT2D eigenvalue weighted by atomic mass is 32.1. The number of amides is 1. The summed E-state index contributed by atoms with van der Waals surface area (Å²) in [6.07, 6.45) is 8.27. The SMILES string of the molecule is CCCCCCCCNC(=O)/C(C#N)=C/c1ccc(OC(=O)c2cccs2)c(OC)c1. The van der Waals surface area contributed by atoms with E-state index in [2.05, 4.69) is 12.2 Å². The molecule has 0 saturated carbocycles. The summed E-state index contributed by atoms with van der Waals surface area (Å²) in [6.45, 7) is 2.72. The summed E-state index contributed by atoms with van der Waals surface area (Å²) >= 11 is 1.29. The van der Waals surface area contributed by atoms with E-state index < -0.39 is 11.9 Å². The number of hydrogen-bond acceptors (Lipinski definition) is 6. The lowest BCUT2D eigenvalue weighted by Gasteiger charge is -2.10. The molecule has 1 heterocycles. The van der Waals surface area contributed by atoms with Gasteiger partial charge in [0.05, 0.1) is 7.11 Å². The molecule has 1 N–H and O–H groups in total. The van der Waals surface area contributed by atoms with Crippen molar-refractivity contribution in [2.45, 2.75) is 45.4 Å². The Morgan fingerprint density at radius 3 is 2.58 bits per heavy atom. The van der Waals surface area contributed by atoms with E-state index in [0.717, 1.165) is 19.3 Å². The minimum absolute atomic E-state index is 0.0105. The van der Waals surface area contributed by atoms with Crippen molar-refractivity contribution in [3.63, 3.8) is 0 Å². The number of nitrogens with one attached hydrogen (secondary N) is 1. The van der Waals surface area contributed by atoms with Gasteiger partial charge in [0, 0.05) is 6.54 Å². The molecular weight excluding hydrogens is 412 g/mol. The van der Waals surface area contributed by atoms with Gasteiger partial charge in [-0.1, -0.05) is 51.2 Å². The minimum atomic E-state index is -0.469. The molecule has 0 aliphatic carbocycles. The predicted molar refractivity (Wildman–Crippen MR) is 122 cm³/mol. The molecule has 164 valence electrons. The predicted octanol–water partition coefficient (Wildman–Crippen LogP) is 5.36. The maximum absolute atomic E-state index is 12.3. The summed E-state index contributed by atoms with van der Waals surface area (Å²) in [7, 11) is 1.46. The molecule has 1 aromatic carbocycles. The smallest absolute Gasteiger partial charge is 0.353 e. The van der Waals surface area contributed by atoms with Gasteiger partial charge in [-0.25, -0.2) is 4.79 Å². The van der Waals surface area contributed by atoms with E-state index >= 15 is 0 Å². The Labute approximate surface area is 187 Å². The molecular formula is C24H28N2O4S. The fraction of sp³-hybridized carbons (Fsp3) is 0.375. The minimum Gasteiger partial charge on any atom is -0.493 e. The van der Waals surface area contributed by atoms with Gasteiger partial charge in [-0.05, 0) is 41.6 Å². The lowest BCUT2D eigenvalue weighted by atomic mass is 10.1. The first-order valence-electron chi connectivity index (χ1n) is 10.4. The standard InChI is InChI=1S/C24H28N2O4S/c1-3-4-5-6-7-8-13-26-23(27)19(17-25)15-18-11-12-20(21(16-18)29-2)30-24(28)22-10-9-14-31-22/h9-12,14-16H,3-8,13H2,1-2H3,(H,26,27)/b19-15+. The Kier molecular flexibility index (Phi) is 10.3. The van der Waals surface area contributed by atoms with Gasteiger partial charge in [0.25, 0.3) is 5.91 Å². The van der Waals surface area contributed by atoms with Crippen molar-refractivity contribution in [1.82, 2.24) is 5.32 Å². The number of hydrogen-bond donors (Lipinski definition) is 1. The average molecular weight is 441 g/mol. The molecule has 0 unspecified atom stereocenters. The number of nitriles is 1. The number of nitrogens with zero attached hydrogens (tertiary/aromatic N) is 1. The van der Waals surface area contributed by atoms with Crippen molar-refractivity contribution >= 4 is 29.3 Å². The zero-order valence-electron chi connectivity index (χ0n) is 18.0. The molecule has 0 fully saturated rings. The molecule has 0 saturated heterocycles. The highest BCUT2D eigenvalue weighted by Gasteiger charge is 2.14. The molecule has 0 spiro atoms. The Morgan fingerprint density at radius 1 is 1.13 bits per heavy atom. The number of rotatable bonds is 12. The summed E-state index contributed by atoms with van der Waals surface area (Å²) in [5, 5.41) is 14.0. The van der Waals surface area contributed by atoms with Crippen LogP contribution >= 0.6 is 11.3 Å². The quantitative estimate of drug-likeness (QED) is 0.158. The number of thiophene rings is 1. The maximum Gasteiger partial charge on any atom is 0.353 e. The Balaban J connectivity index is 1.97. The maximum atomic E-state index is 12.3. The van der Waals surface area contributed by atoms with Gasteiger partial charge in [-0.3, -0.25) is 4.79 Å². The van der Waals surface area contributed by atoms with E-state index in [1.54, 1.807) is 35.7 Å². The van der Waals surface area contributed by atoms with Crippen LogP contribution in [0.4, 0.5) is 0 Å². The van der Waals surface area contributed by atoms with Gasteiger partial charge in [-0.2, -0.15) is 5.26 Å². The topological polar surface area (TPSA) is 88.4 Å². The molecule has 1 aromatic heterocycles. The second-order valence-electron chi connectivity index (χ2n) is 6.97. The number of carbonyl (C=O) groups is 2. The van der Waals surface area contributed by atoms with Crippen LogP contribution in [0, 0.1) is 11.3 Å². The van der Waals surface area contributed by atoms with Gasteiger partial charge < -0.3 is 14.8 Å². The van der Waals surface area contributed by atoms with Crippen LogP contribution in [0.1, 0.15) is 60.7 Å². The number of ether oxygens (including phenoxy) is 2. The van der Waals surface area contributed by atoms with Crippen molar-refractivity contribution in [2.24, 2.45) is 0 Å². The molecule has 2 rings (SSSR count). The molecule has 1 amide bonds. The number of unbranched alkanes of at least 4 members (excludes halogenated alkanes) is 5. The van der Waals surface area contributed by atoms with Crippen molar-refractivity contribution in [2.75, 3.05) is 13.7 Å².